The lowest BCUT2D eigenvalue weighted by Crippen LogP contribution is -2.10. The first-order valence-corrected chi connectivity index (χ1v) is 7.24. The molecule has 22 heavy (non-hydrogen) atoms. The van der Waals surface area contributed by atoms with Crippen LogP contribution in [0.3, 0.4) is 0 Å². The van der Waals surface area contributed by atoms with E-state index in [1.807, 2.05) is 54.6 Å². The van der Waals surface area contributed by atoms with Crippen molar-refractivity contribution < 1.29 is 14.6 Å². The molecule has 114 valence electrons. The molecule has 2 rings (SSSR count). The van der Waals surface area contributed by atoms with Crippen molar-refractivity contribution in [1.82, 2.24) is 0 Å². The van der Waals surface area contributed by atoms with Crippen LogP contribution < -0.4 is 4.74 Å². The third-order valence-electron chi connectivity index (χ3n) is 3.45. The van der Waals surface area contributed by atoms with Gasteiger partial charge in [0.2, 0.25) is 0 Å². The topological polar surface area (TPSA) is 46.5 Å². The maximum atomic E-state index is 12.1. The maximum absolute atomic E-state index is 12.1. The van der Waals surface area contributed by atoms with Crippen molar-refractivity contribution in [3.8, 4) is 5.75 Å². The molecule has 1 N–H and O–H groups in total. The number of hydrogen-bond acceptors (Lipinski definition) is 3. The Labute approximate surface area is 130 Å². The number of hydrogen-bond donors (Lipinski definition) is 1. The molecule has 3 heteroatoms. The van der Waals surface area contributed by atoms with Crippen LogP contribution in [0.1, 0.15) is 22.3 Å². The number of aliphatic hydroxyl groups excluding tert-OH is 1. The van der Waals surface area contributed by atoms with Gasteiger partial charge in [-0.05, 0) is 17.7 Å². The monoisotopic (exact) mass is 296 g/mol. The van der Waals surface area contributed by atoms with Crippen molar-refractivity contribution in [2.45, 2.75) is 6.42 Å². The van der Waals surface area contributed by atoms with Crippen LogP contribution >= 0.6 is 0 Å². The van der Waals surface area contributed by atoms with Gasteiger partial charge in [-0.25, -0.2) is 0 Å². The number of rotatable bonds is 7. The highest BCUT2D eigenvalue weighted by Gasteiger charge is 2.11. The Kier molecular flexibility index (Phi) is 5.92. The maximum Gasteiger partial charge on any atom is 0.163 e. The Balaban J connectivity index is 1.99. The first-order chi connectivity index (χ1) is 10.7. The van der Waals surface area contributed by atoms with Gasteiger partial charge >= 0.3 is 0 Å². The summed E-state index contributed by atoms with van der Waals surface area (Å²) >= 11 is 0. The fourth-order valence-electron chi connectivity index (χ4n) is 2.14. The third-order valence-corrected chi connectivity index (χ3v) is 3.45. The van der Waals surface area contributed by atoms with Gasteiger partial charge < -0.3 is 9.84 Å². The first kappa shape index (κ1) is 16.0. The molecule has 0 unspecified atom stereocenters. The van der Waals surface area contributed by atoms with Gasteiger partial charge in [-0.2, -0.15) is 0 Å². The molecule has 0 aliphatic rings. The highest BCUT2D eigenvalue weighted by molar-refractivity contribution is 5.96. The van der Waals surface area contributed by atoms with E-state index in [0.717, 1.165) is 11.3 Å². The highest BCUT2D eigenvalue weighted by atomic mass is 16.5. The molecule has 2 aromatic carbocycles. The summed E-state index contributed by atoms with van der Waals surface area (Å²) in [5.74, 6) is 0.656. The smallest absolute Gasteiger partial charge is 0.163 e. The van der Waals surface area contributed by atoms with Gasteiger partial charge in [0, 0.05) is 24.5 Å². The van der Waals surface area contributed by atoms with Crippen molar-refractivity contribution in [1.29, 1.82) is 0 Å². The van der Waals surface area contributed by atoms with E-state index < -0.39 is 0 Å². The predicted octanol–water partition coefficient (Wildman–Crippen LogP) is 3.59. The summed E-state index contributed by atoms with van der Waals surface area (Å²) in [6.07, 6.45) is 4.09. The van der Waals surface area contributed by atoms with Gasteiger partial charge in [0.05, 0.1) is 7.11 Å². The number of carbonyl (C=O) groups is 1. The Bertz CT molecular complexity index is 615. The van der Waals surface area contributed by atoms with Crippen molar-refractivity contribution in [2.24, 2.45) is 5.92 Å². The number of ketones is 1. The van der Waals surface area contributed by atoms with Gasteiger partial charge in [0.15, 0.2) is 5.78 Å². The molecule has 0 saturated carbocycles. The fraction of sp³-hybridized carbons (Fsp3) is 0.211. The van der Waals surface area contributed by atoms with E-state index in [1.54, 1.807) is 19.2 Å². The minimum Gasteiger partial charge on any atom is -0.497 e. The number of benzene rings is 2. The lowest BCUT2D eigenvalue weighted by atomic mass is 9.98. The molecule has 0 fully saturated rings. The molecule has 0 spiro atoms. The van der Waals surface area contributed by atoms with Crippen molar-refractivity contribution in [2.75, 3.05) is 13.7 Å². The SMILES string of the molecule is COc1ccc(/C=C/[C@@H](CO)CC(=O)c2ccccc2)cc1. The van der Waals surface area contributed by atoms with E-state index in [-0.39, 0.29) is 18.3 Å². The Morgan fingerprint density at radius 1 is 1.14 bits per heavy atom. The average Bonchev–Trinajstić information content (AvgIpc) is 2.59. The molecule has 1 atom stereocenters. The second kappa shape index (κ2) is 8.15. The zero-order valence-corrected chi connectivity index (χ0v) is 12.6. The largest absolute Gasteiger partial charge is 0.497 e. The fourth-order valence-corrected chi connectivity index (χ4v) is 2.14. The molecule has 0 aliphatic heterocycles. The Morgan fingerprint density at radius 2 is 1.82 bits per heavy atom. The van der Waals surface area contributed by atoms with E-state index >= 15 is 0 Å². The number of carbonyl (C=O) groups excluding carboxylic acids is 1. The second-order valence-electron chi connectivity index (χ2n) is 5.07. The zero-order valence-electron chi connectivity index (χ0n) is 12.6. The summed E-state index contributed by atoms with van der Waals surface area (Å²) in [4.78, 5) is 12.1. The molecular formula is C19H20O3. The summed E-state index contributed by atoms with van der Waals surface area (Å²) in [6.45, 7) is -0.0504. The first-order valence-electron chi connectivity index (χ1n) is 7.24. The van der Waals surface area contributed by atoms with Gasteiger partial charge in [0.25, 0.3) is 0 Å². The highest BCUT2D eigenvalue weighted by Crippen LogP contribution is 2.15. The van der Waals surface area contributed by atoms with Crippen LogP contribution in [-0.4, -0.2) is 24.6 Å². The van der Waals surface area contributed by atoms with Crippen LogP contribution in [0, 0.1) is 5.92 Å². The van der Waals surface area contributed by atoms with E-state index in [1.165, 1.54) is 0 Å². The van der Waals surface area contributed by atoms with Crippen LogP contribution in [0.15, 0.2) is 60.7 Å². The minimum atomic E-state index is -0.185. The van der Waals surface area contributed by atoms with Crippen LogP contribution in [0.4, 0.5) is 0 Å². The summed E-state index contributed by atoms with van der Waals surface area (Å²) in [5, 5.41) is 9.46. The molecule has 0 bridgehead atoms. The standard InChI is InChI=1S/C19H20O3/c1-22-18-11-9-15(10-12-18)7-8-16(14-20)13-19(21)17-5-3-2-4-6-17/h2-12,16,20H,13-14H2,1H3/b8-7+/t16-/m1/s1. The minimum absolute atomic E-state index is 0.0408. The molecule has 0 aromatic heterocycles. The molecule has 3 nitrogen and oxygen atoms in total. The quantitative estimate of drug-likeness (QED) is 0.794. The number of ether oxygens (including phenoxy) is 1. The Hall–Kier alpha value is -2.39. The summed E-state index contributed by atoms with van der Waals surface area (Å²) in [7, 11) is 1.63. The van der Waals surface area contributed by atoms with Crippen molar-refractivity contribution >= 4 is 11.9 Å². The summed E-state index contributed by atoms with van der Waals surface area (Å²) in [5.41, 5.74) is 1.69. The Morgan fingerprint density at radius 3 is 2.41 bits per heavy atom. The predicted molar refractivity (Wildman–Crippen MR) is 88.0 cm³/mol. The summed E-state index contributed by atoms with van der Waals surface area (Å²) in [6, 6.07) is 16.8. The number of Topliss-reactive ketones (excluding diaryl/α,β-unsaturated/α-hetero) is 1. The third kappa shape index (κ3) is 4.57. The van der Waals surface area contributed by atoms with E-state index in [9.17, 15) is 9.90 Å². The van der Waals surface area contributed by atoms with Gasteiger partial charge in [-0.3, -0.25) is 4.79 Å². The van der Waals surface area contributed by atoms with Crippen LogP contribution in [0.25, 0.3) is 6.08 Å². The lowest BCUT2D eigenvalue weighted by Gasteiger charge is -2.08. The van der Waals surface area contributed by atoms with E-state index in [0.29, 0.717) is 12.0 Å². The van der Waals surface area contributed by atoms with Crippen molar-refractivity contribution in [3.63, 3.8) is 0 Å². The van der Waals surface area contributed by atoms with Gasteiger partial charge in [-0.1, -0.05) is 54.6 Å². The molecule has 0 heterocycles. The molecule has 0 radical (unpaired) electrons. The van der Waals surface area contributed by atoms with Crippen LogP contribution in [0.5, 0.6) is 5.75 Å². The normalized spacial score (nSPS) is 12.3. The number of methoxy groups -OCH3 is 1. The van der Waals surface area contributed by atoms with Crippen LogP contribution in [0.2, 0.25) is 0 Å². The van der Waals surface area contributed by atoms with E-state index in [4.69, 9.17) is 4.74 Å². The van der Waals surface area contributed by atoms with E-state index in [2.05, 4.69) is 0 Å². The molecule has 2 aromatic rings. The number of aliphatic hydroxyl groups is 1. The van der Waals surface area contributed by atoms with Gasteiger partial charge in [-0.15, -0.1) is 0 Å². The molecule has 0 amide bonds. The molecular weight excluding hydrogens is 276 g/mol. The van der Waals surface area contributed by atoms with Crippen molar-refractivity contribution in [3.05, 3.63) is 71.8 Å². The summed E-state index contributed by atoms with van der Waals surface area (Å²) < 4.78 is 5.11. The van der Waals surface area contributed by atoms with Gasteiger partial charge in [0.1, 0.15) is 5.75 Å². The zero-order chi connectivity index (χ0) is 15.8. The van der Waals surface area contributed by atoms with Crippen LogP contribution in [-0.2, 0) is 0 Å². The average molecular weight is 296 g/mol. The second-order valence-corrected chi connectivity index (χ2v) is 5.07. The lowest BCUT2D eigenvalue weighted by molar-refractivity contribution is 0.0952. The molecule has 0 saturated heterocycles. The molecule has 0 aliphatic carbocycles.